The topological polar surface area (TPSA) is 209 Å². The molecule has 13 heteroatoms. The molecule has 13 nitrogen and oxygen atoms in total. The Morgan fingerprint density at radius 2 is 1.25 bits per heavy atom. The summed E-state index contributed by atoms with van der Waals surface area (Å²) in [6.07, 6.45) is 0.559. The molecule has 4 atom stereocenters. The van der Waals surface area contributed by atoms with Crippen LogP contribution in [0.3, 0.4) is 0 Å². The highest BCUT2D eigenvalue weighted by atomic mass is 16.3. The minimum absolute atomic E-state index is 0.0524. The van der Waals surface area contributed by atoms with Crippen molar-refractivity contribution in [1.29, 1.82) is 0 Å². The van der Waals surface area contributed by atoms with E-state index in [1.54, 1.807) is 36.4 Å². The molecule has 44 heavy (non-hydrogen) atoms. The summed E-state index contributed by atoms with van der Waals surface area (Å²) in [6, 6.07) is 11.0. The molecule has 0 saturated carbocycles. The highest BCUT2D eigenvalue weighted by Crippen LogP contribution is 2.12. The van der Waals surface area contributed by atoms with Gasteiger partial charge in [-0.1, -0.05) is 56.3 Å². The molecule has 0 radical (unpaired) electrons. The van der Waals surface area contributed by atoms with Crippen molar-refractivity contribution in [2.75, 3.05) is 6.54 Å². The van der Waals surface area contributed by atoms with Crippen molar-refractivity contribution in [1.82, 2.24) is 26.6 Å². The van der Waals surface area contributed by atoms with Crippen LogP contribution in [0.2, 0.25) is 0 Å². The zero-order valence-corrected chi connectivity index (χ0v) is 25.4. The van der Waals surface area contributed by atoms with Gasteiger partial charge in [-0.15, -0.1) is 0 Å². The lowest BCUT2D eigenvalue weighted by molar-refractivity contribution is -0.133. The van der Waals surface area contributed by atoms with Gasteiger partial charge in [0.1, 0.15) is 29.9 Å². The van der Waals surface area contributed by atoms with Gasteiger partial charge in [-0.2, -0.15) is 0 Å². The average Bonchev–Trinajstić information content (AvgIpc) is 2.95. The highest BCUT2D eigenvalue weighted by Gasteiger charge is 2.28. The van der Waals surface area contributed by atoms with E-state index in [1.807, 2.05) is 19.9 Å². The molecule has 0 aliphatic heterocycles. The van der Waals surface area contributed by atoms with Gasteiger partial charge in [0, 0.05) is 19.8 Å². The summed E-state index contributed by atoms with van der Waals surface area (Å²) in [7, 11) is 0. The van der Waals surface area contributed by atoms with Crippen LogP contribution in [-0.4, -0.2) is 71.3 Å². The van der Waals surface area contributed by atoms with Gasteiger partial charge in [0.2, 0.25) is 35.4 Å². The van der Waals surface area contributed by atoms with Gasteiger partial charge < -0.3 is 37.4 Å². The number of aromatic hydroxyl groups is 1. The van der Waals surface area contributed by atoms with E-state index in [0.717, 1.165) is 5.56 Å². The van der Waals surface area contributed by atoms with E-state index in [0.29, 0.717) is 12.0 Å². The van der Waals surface area contributed by atoms with Crippen molar-refractivity contribution in [3.63, 3.8) is 0 Å². The molecule has 2 aromatic carbocycles. The average molecular weight is 611 g/mol. The second-order valence-corrected chi connectivity index (χ2v) is 11.0. The normalized spacial score (nSPS) is 13.5. The van der Waals surface area contributed by atoms with E-state index in [2.05, 4.69) is 26.6 Å². The largest absolute Gasteiger partial charge is 0.508 e. The van der Waals surface area contributed by atoms with Gasteiger partial charge >= 0.3 is 0 Å². The van der Waals surface area contributed by atoms with Gasteiger partial charge in [0.05, 0.1) is 6.54 Å². The number of nitrogens with one attached hydrogen (secondary N) is 5. The lowest BCUT2D eigenvalue weighted by Gasteiger charge is -2.23. The molecule has 2 aromatic rings. The Labute approximate surface area is 256 Å². The number of hydrogen-bond acceptors (Lipinski definition) is 7. The molecule has 2 rings (SSSR count). The van der Waals surface area contributed by atoms with Crippen LogP contribution in [0, 0.1) is 5.92 Å². The van der Waals surface area contributed by atoms with Crippen molar-refractivity contribution in [2.24, 2.45) is 11.7 Å². The summed E-state index contributed by atoms with van der Waals surface area (Å²) >= 11 is 0. The molecule has 0 fully saturated rings. The maximum absolute atomic E-state index is 13.1. The predicted molar refractivity (Wildman–Crippen MR) is 163 cm³/mol. The van der Waals surface area contributed by atoms with Crippen molar-refractivity contribution in [2.45, 2.75) is 71.1 Å². The molecule has 0 aliphatic carbocycles. The molecule has 0 heterocycles. The Morgan fingerprint density at radius 3 is 1.80 bits per heavy atom. The Bertz CT molecular complexity index is 1300. The van der Waals surface area contributed by atoms with Gasteiger partial charge in [0.25, 0.3) is 0 Å². The molecule has 0 unspecified atom stereocenters. The van der Waals surface area contributed by atoms with Crippen molar-refractivity contribution in [3.05, 3.63) is 65.7 Å². The Morgan fingerprint density at radius 1 is 0.705 bits per heavy atom. The standard InChI is InChI=1S/C31H42N6O7/c1-18(2)14-24(28(32)41)37-31(44)26(15-21-8-6-5-7-9-21)36-27(40)17-33-29(42)19(3)34-30(43)25(35-20(4)38)16-22-10-12-23(39)13-11-22/h5-13,18-19,24-26,39H,14-17H2,1-4H3,(H2,32,41)(H,33,42)(H,34,43)(H,35,38)(H,36,40)(H,37,44)/t19-,24-,25+,26+/m1/s1. The minimum Gasteiger partial charge on any atom is -0.508 e. The summed E-state index contributed by atoms with van der Waals surface area (Å²) in [5.41, 5.74) is 6.90. The van der Waals surface area contributed by atoms with Crippen LogP contribution >= 0.6 is 0 Å². The van der Waals surface area contributed by atoms with Crippen LogP contribution in [-0.2, 0) is 41.6 Å². The molecule has 8 N–H and O–H groups in total. The predicted octanol–water partition coefficient (Wildman–Crippen LogP) is -0.196. The van der Waals surface area contributed by atoms with E-state index in [-0.39, 0.29) is 24.5 Å². The van der Waals surface area contributed by atoms with Crippen LogP contribution in [0.25, 0.3) is 0 Å². The van der Waals surface area contributed by atoms with Crippen molar-refractivity contribution < 1.29 is 33.9 Å². The third kappa shape index (κ3) is 12.5. The monoisotopic (exact) mass is 610 g/mol. The fourth-order valence-electron chi connectivity index (χ4n) is 4.32. The van der Waals surface area contributed by atoms with Crippen LogP contribution in [0.5, 0.6) is 5.75 Å². The third-order valence-electron chi connectivity index (χ3n) is 6.55. The number of amides is 6. The number of rotatable bonds is 16. The second-order valence-electron chi connectivity index (χ2n) is 11.0. The molecule has 0 aliphatic rings. The van der Waals surface area contributed by atoms with Crippen LogP contribution in [0.4, 0.5) is 0 Å². The summed E-state index contributed by atoms with van der Waals surface area (Å²) in [4.78, 5) is 75.1. The Balaban J connectivity index is 2.00. The molecular weight excluding hydrogens is 568 g/mol. The number of primary amides is 1. The van der Waals surface area contributed by atoms with Gasteiger partial charge in [-0.3, -0.25) is 28.8 Å². The third-order valence-corrected chi connectivity index (χ3v) is 6.55. The summed E-state index contributed by atoms with van der Waals surface area (Å²) in [6.45, 7) is 5.95. The fraction of sp³-hybridized carbons (Fsp3) is 0.419. The maximum atomic E-state index is 13.1. The number of carbonyl (C=O) groups is 6. The number of phenolic OH excluding ortho intramolecular Hbond substituents is 1. The zero-order valence-electron chi connectivity index (χ0n) is 25.4. The highest BCUT2D eigenvalue weighted by molar-refractivity contribution is 5.95. The summed E-state index contributed by atoms with van der Waals surface area (Å²) in [5, 5.41) is 22.2. The Kier molecular flexibility index (Phi) is 13.8. The quantitative estimate of drug-likeness (QED) is 0.136. The van der Waals surface area contributed by atoms with E-state index in [4.69, 9.17) is 5.73 Å². The number of phenols is 1. The van der Waals surface area contributed by atoms with Crippen LogP contribution in [0.15, 0.2) is 54.6 Å². The zero-order chi connectivity index (χ0) is 32.8. The Hall–Kier alpha value is -4.94. The van der Waals surface area contributed by atoms with Gasteiger partial charge in [0.15, 0.2) is 0 Å². The van der Waals surface area contributed by atoms with E-state index < -0.39 is 66.2 Å². The van der Waals surface area contributed by atoms with E-state index in [1.165, 1.54) is 26.0 Å². The summed E-state index contributed by atoms with van der Waals surface area (Å²) in [5.74, 6) is -3.57. The smallest absolute Gasteiger partial charge is 0.243 e. The molecule has 238 valence electrons. The molecule has 0 saturated heterocycles. The molecule has 0 aromatic heterocycles. The van der Waals surface area contributed by atoms with E-state index in [9.17, 15) is 33.9 Å². The number of hydrogen-bond donors (Lipinski definition) is 7. The lowest BCUT2D eigenvalue weighted by atomic mass is 10.0. The summed E-state index contributed by atoms with van der Waals surface area (Å²) < 4.78 is 0. The van der Waals surface area contributed by atoms with E-state index >= 15 is 0 Å². The van der Waals surface area contributed by atoms with Gasteiger partial charge in [-0.05, 0) is 42.5 Å². The van der Waals surface area contributed by atoms with Crippen LogP contribution < -0.4 is 32.3 Å². The van der Waals surface area contributed by atoms with Crippen molar-refractivity contribution >= 4 is 35.4 Å². The maximum Gasteiger partial charge on any atom is 0.243 e. The number of carbonyl (C=O) groups excluding carboxylic acids is 6. The molecule has 0 bridgehead atoms. The molecule has 0 spiro atoms. The first-order valence-corrected chi connectivity index (χ1v) is 14.3. The van der Waals surface area contributed by atoms with Crippen LogP contribution in [0.1, 0.15) is 45.2 Å². The SMILES string of the molecule is CC(=O)N[C@@H](Cc1ccc(O)cc1)C(=O)N[C@H](C)C(=O)NCC(=O)N[C@@H](Cc1ccccc1)C(=O)N[C@H](CC(C)C)C(N)=O. The molecular formula is C31H42N6O7. The second kappa shape index (κ2) is 17.2. The lowest BCUT2D eigenvalue weighted by Crippen LogP contribution is -2.56. The number of benzene rings is 2. The number of nitrogens with two attached hydrogens (primary N) is 1. The van der Waals surface area contributed by atoms with Crippen molar-refractivity contribution in [3.8, 4) is 5.75 Å². The fourth-order valence-corrected chi connectivity index (χ4v) is 4.32. The minimum atomic E-state index is -1.07. The molecule has 6 amide bonds. The first-order valence-electron chi connectivity index (χ1n) is 14.3. The van der Waals surface area contributed by atoms with Gasteiger partial charge in [-0.25, -0.2) is 0 Å². The first-order chi connectivity index (χ1) is 20.7. The first kappa shape index (κ1) is 35.3.